The number of rotatable bonds is 2. The van der Waals surface area contributed by atoms with Crippen LogP contribution in [-0.4, -0.2) is 44.4 Å². The number of hydrogen-bond donors (Lipinski definition) is 1. The highest BCUT2D eigenvalue weighted by molar-refractivity contribution is 5.76. The molecule has 25 heavy (non-hydrogen) atoms. The molecule has 0 aliphatic carbocycles. The van der Waals surface area contributed by atoms with Crippen molar-refractivity contribution in [2.45, 2.75) is 45.1 Å². The van der Waals surface area contributed by atoms with Crippen LogP contribution in [0.3, 0.4) is 0 Å². The van der Waals surface area contributed by atoms with E-state index in [0.29, 0.717) is 6.42 Å². The summed E-state index contributed by atoms with van der Waals surface area (Å²) in [6.45, 7) is 5.54. The summed E-state index contributed by atoms with van der Waals surface area (Å²) in [6, 6.07) is 3.98. The first-order chi connectivity index (χ1) is 12.1. The SMILES string of the molecule is CCC(=O)N1CC[C@@]2(CCc3cc(-c4ncccn4)c(C)nc3N2)C1. The zero-order valence-corrected chi connectivity index (χ0v) is 14.7. The molecule has 1 atom stereocenters. The number of nitrogens with one attached hydrogen (secondary N) is 1. The van der Waals surface area contributed by atoms with Gasteiger partial charge in [0.2, 0.25) is 5.91 Å². The van der Waals surface area contributed by atoms with Crippen LogP contribution in [0.1, 0.15) is 37.4 Å². The van der Waals surface area contributed by atoms with E-state index in [9.17, 15) is 4.79 Å². The summed E-state index contributed by atoms with van der Waals surface area (Å²) in [6.07, 6.45) is 7.06. The number of aryl methyl sites for hydroxylation is 2. The zero-order chi connectivity index (χ0) is 17.4. The third-order valence-electron chi connectivity index (χ3n) is 5.36. The molecule has 0 radical (unpaired) electrons. The van der Waals surface area contributed by atoms with Gasteiger partial charge in [-0.2, -0.15) is 0 Å². The molecule has 1 saturated heterocycles. The van der Waals surface area contributed by atoms with E-state index in [-0.39, 0.29) is 11.4 Å². The monoisotopic (exact) mass is 337 g/mol. The molecule has 6 heteroatoms. The molecule has 1 N–H and O–H groups in total. The van der Waals surface area contributed by atoms with Crippen molar-refractivity contribution in [2.75, 3.05) is 18.4 Å². The third-order valence-corrected chi connectivity index (χ3v) is 5.36. The van der Waals surface area contributed by atoms with E-state index in [1.165, 1.54) is 5.56 Å². The van der Waals surface area contributed by atoms with Gasteiger partial charge >= 0.3 is 0 Å². The zero-order valence-electron chi connectivity index (χ0n) is 14.7. The van der Waals surface area contributed by atoms with Gasteiger partial charge in [0.1, 0.15) is 5.82 Å². The molecule has 6 nitrogen and oxygen atoms in total. The molecule has 0 unspecified atom stereocenters. The Labute approximate surface area is 147 Å². The number of anilines is 1. The Bertz CT molecular complexity index is 807. The number of aromatic nitrogens is 3. The predicted molar refractivity (Wildman–Crippen MR) is 96.2 cm³/mol. The number of fused-ring (bicyclic) bond motifs is 1. The molecule has 1 spiro atoms. The van der Waals surface area contributed by atoms with Crippen molar-refractivity contribution in [3.8, 4) is 11.4 Å². The van der Waals surface area contributed by atoms with Crippen molar-refractivity contribution in [3.05, 3.63) is 35.8 Å². The van der Waals surface area contributed by atoms with Crippen molar-refractivity contribution < 1.29 is 4.79 Å². The van der Waals surface area contributed by atoms with Crippen LogP contribution in [0.5, 0.6) is 0 Å². The van der Waals surface area contributed by atoms with Crippen LogP contribution in [0.2, 0.25) is 0 Å². The van der Waals surface area contributed by atoms with Crippen LogP contribution in [0.15, 0.2) is 24.5 Å². The minimum Gasteiger partial charge on any atom is -0.363 e. The van der Waals surface area contributed by atoms with Gasteiger partial charge in [-0.05, 0) is 43.9 Å². The lowest BCUT2D eigenvalue weighted by Gasteiger charge is -2.36. The van der Waals surface area contributed by atoms with Gasteiger partial charge in [-0.1, -0.05) is 6.92 Å². The van der Waals surface area contributed by atoms with Crippen LogP contribution >= 0.6 is 0 Å². The molecule has 1 fully saturated rings. The summed E-state index contributed by atoms with van der Waals surface area (Å²) in [5, 5.41) is 3.65. The number of nitrogens with zero attached hydrogens (tertiary/aromatic N) is 4. The standard InChI is InChI=1S/C19H23N5O/c1-3-16(25)24-10-7-19(12-24)6-5-14-11-15(13(2)22-17(14)23-19)18-20-8-4-9-21-18/h4,8-9,11H,3,5-7,10,12H2,1-2H3,(H,22,23)/t19-/m0/s1. The smallest absolute Gasteiger partial charge is 0.222 e. The van der Waals surface area contributed by atoms with Gasteiger partial charge in [-0.25, -0.2) is 15.0 Å². The van der Waals surface area contributed by atoms with Crippen molar-refractivity contribution in [3.63, 3.8) is 0 Å². The lowest BCUT2D eigenvalue weighted by Crippen LogP contribution is -2.45. The van der Waals surface area contributed by atoms with E-state index in [4.69, 9.17) is 4.98 Å². The highest BCUT2D eigenvalue weighted by Crippen LogP contribution is 2.37. The van der Waals surface area contributed by atoms with Crippen molar-refractivity contribution >= 4 is 11.7 Å². The molecule has 2 aliphatic rings. The lowest BCUT2D eigenvalue weighted by atomic mass is 9.86. The molecular weight excluding hydrogens is 314 g/mol. The van der Waals surface area contributed by atoms with Crippen LogP contribution in [0.4, 0.5) is 5.82 Å². The molecule has 0 aromatic carbocycles. The quantitative estimate of drug-likeness (QED) is 0.912. The Balaban J connectivity index is 1.61. The summed E-state index contributed by atoms with van der Waals surface area (Å²) in [7, 11) is 0. The van der Waals surface area contributed by atoms with Crippen LogP contribution in [0.25, 0.3) is 11.4 Å². The van der Waals surface area contributed by atoms with Gasteiger partial charge in [0, 0.05) is 37.5 Å². The van der Waals surface area contributed by atoms with E-state index in [1.54, 1.807) is 12.4 Å². The Hall–Kier alpha value is -2.50. The van der Waals surface area contributed by atoms with Gasteiger partial charge < -0.3 is 10.2 Å². The maximum Gasteiger partial charge on any atom is 0.222 e. The highest BCUT2D eigenvalue weighted by atomic mass is 16.2. The molecule has 2 aliphatic heterocycles. The van der Waals surface area contributed by atoms with Crippen molar-refractivity contribution in [1.82, 2.24) is 19.9 Å². The first-order valence-electron chi connectivity index (χ1n) is 8.94. The second-order valence-electron chi connectivity index (χ2n) is 7.03. The Kier molecular flexibility index (Phi) is 3.90. The maximum absolute atomic E-state index is 12.0. The molecule has 4 heterocycles. The second-order valence-corrected chi connectivity index (χ2v) is 7.03. The molecule has 2 aromatic heterocycles. The Morgan fingerprint density at radius 1 is 1.32 bits per heavy atom. The topological polar surface area (TPSA) is 71.0 Å². The fraction of sp³-hybridized carbons (Fsp3) is 0.474. The fourth-order valence-corrected chi connectivity index (χ4v) is 3.91. The second kappa shape index (κ2) is 6.10. The Morgan fingerprint density at radius 3 is 2.88 bits per heavy atom. The predicted octanol–water partition coefficient (Wildman–Crippen LogP) is 2.59. The van der Waals surface area contributed by atoms with E-state index in [1.807, 2.05) is 24.8 Å². The van der Waals surface area contributed by atoms with Crippen LogP contribution in [0, 0.1) is 6.92 Å². The molecular formula is C19H23N5O. The number of hydrogen-bond acceptors (Lipinski definition) is 5. The maximum atomic E-state index is 12.0. The average Bonchev–Trinajstić information content (AvgIpc) is 3.04. The molecule has 0 bridgehead atoms. The number of amides is 1. The van der Waals surface area contributed by atoms with Gasteiger partial charge in [0.05, 0.1) is 11.2 Å². The molecule has 2 aromatic rings. The van der Waals surface area contributed by atoms with Crippen LogP contribution in [-0.2, 0) is 11.2 Å². The van der Waals surface area contributed by atoms with E-state index < -0.39 is 0 Å². The van der Waals surface area contributed by atoms with Gasteiger partial charge in [-0.15, -0.1) is 0 Å². The first kappa shape index (κ1) is 16.0. The minimum atomic E-state index is -0.0258. The summed E-state index contributed by atoms with van der Waals surface area (Å²) < 4.78 is 0. The van der Waals surface area contributed by atoms with Gasteiger partial charge in [-0.3, -0.25) is 4.79 Å². The van der Waals surface area contributed by atoms with Gasteiger partial charge in [0.25, 0.3) is 0 Å². The van der Waals surface area contributed by atoms with Crippen molar-refractivity contribution in [2.24, 2.45) is 0 Å². The number of likely N-dealkylation sites (tertiary alicyclic amines) is 1. The summed E-state index contributed by atoms with van der Waals surface area (Å²) in [5.74, 6) is 1.91. The highest BCUT2D eigenvalue weighted by Gasteiger charge is 2.42. The molecule has 1 amide bonds. The molecule has 4 rings (SSSR count). The fourth-order valence-electron chi connectivity index (χ4n) is 3.91. The van der Waals surface area contributed by atoms with Gasteiger partial charge in [0.15, 0.2) is 5.82 Å². The molecule has 0 saturated carbocycles. The Morgan fingerprint density at radius 2 is 2.12 bits per heavy atom. The number of carbonyl (C=O) groups excluding carboxylic acids is 1. The normalized spacial score (nSPS) is 21.9. The first-order valence-corrected chi connectivity index (χ1v) is 8.94. The largest absolute Gasteiger partial charge is 0.363 e. The number of pyridine rings is 1. The average molecular weight is 337 g/mol. The summed E-state index contributed by atoms with van der Waals surface area (Å²) in [4.78, 5) is 27.5. The van der Waals surface area contributed by atoms with E-state index in [2.05, 4.69) is 21.4 Å². The molecule has 130 valence electrons. The minimum absolute atomic E-state index is 0.0258. The van der Waals surface area contributed by atoms with Crippen molar-refractivity contribution in [1.29, 1.82) is 0 Å². The van der Waals surface area contributed by atoms with E-state index in [0.717, 1.165) is 55.3 Å². The number of carbonyl (C=O) groups is 1. The van der Waals surface area contributed by atoms with E-state index >= 15 is 0 Å². The third kappa shape index (κ3) is 2.86. The summed E-state index contributed by atoms with van der Waals surface area (Å²) in [5.41, 5.74) is 3.10. The van der Waals surface area contributed by atoms with Crippen LogP contribution < -0.4 is 5.32 Å². The lowest BCUT2D eigenvalue weighted by molar-refractivity contribution is -0.129. The summed E-state index contributed by atoms with van der Waals surface area (Å²) >= 11 is 0.